The van der Waals surface area contributed by atoms with Gasteiger partial charge < -0.3 is 4.74 Å². The molecule has 0 N–H and O–H groups in total. The summed E-state index contributed by atoms with van der Waals surface area (Å²) < 4.78 is 6.24. The van der Waals surface area contributed by atoms with Crippen LogP contribution in [0.1, 0.15) is 20.7 Å². The summed E-state index contributed by atoms with van der Waals surface area (Å²) in [5.41, 5.74) is 5.08. The van der Waals surface area contributed by atoms with E-state index in [2.05, 4.69) is 15.9 Å². The lowest BCUT2D eigenvalue weighted by Crippen LogP contribution is -2.14. The number of hydrogen-bond donors (Lipinski definition) is 0. The van der Waals surface area contributed by atoms with Crippen LogP contribution < -0.4 is 0 Å². The van der Waals surface area contributed by atoms with Gasteiger partial charge in [-0.2, -0.15) is 0 Å². The van der Waals surface area contributed by atoms with Gasteiger partial charge in [0.25, 0.3) is 0 Å². The number of carbonyl (C=O) groups excluding carboxylic acids is 2. The fraction of sp³-hybridized carbons (Fsp3) is 0.0370. The smallest absolute Gasteiger partial charge is 0.338 e. The van der Waals surface area contributed by atoms with Gasteiger partial charge in [0, 0.05) is 10.0 Å². The molecule has 31 heavy (non-hydrogen) atoms. The van der Waals surface area contributed by atoms with E-state index in [0.717, 1.165) is 26.7 Å². The van der Waals surface area contributed by atoms with Crippen molar-refractivity contribution in [3.8, 4) is 22.3 Å². The standard InChI is InChI=1S/C27H19BrO3/c28-25-16-14-22(15-17-25)21-6-10-23(11-7-21)26(29)18-31-27(30)24-12-8-20(9-13-24)19-4-2-1-3-5-19/h1-17H,18H2. The topological polar surface area (TPSA) is 43.4 Å². The zero-order valence-corrected chi connectivity index (χ0v) is 18.2. The van der Waals surface area contributed by atoms with Gasteiger partial charge in [-0.25, -0.2) is 4.79 Å². The summed E-state index contributed by atoms with van der Waals surface area (Å²) >= 11 is 3.42. The molecule has 0 spiro atoms. The van der Waals surface area contributed by atoms with E-state index in [1.165, 1.54) is 0 Å². The molecule has 4 heteroatoms. The van der Waals surface area contributed by atoms with Crippen LogP contribution in [0, 0.1) is 0 Å². The number of esters is 1. The number of ketones is 1. The molecule has 0 saturated heterocycles. The van der Waals surface area contributed by atoms with Crippen LogP contribution >= 0.6 is 15.9 Å². The Morgan fingerprint density at radius 1 is 0.581 bits per heavy atom. The number of ether oxygens (including phenoxy) is 1. The van der Waals surface area contributed by atoms with Crippen LogP contribution in [-0.2, 0) is 4.74 Å². The summed E-state index contributed by atoms with van der Waals surface area (Å²) in [6, 6.07) is 32.3. The van der Waals surface area contributed by atoms with Crippen LogP contribution in [0.2, 0.25) is 0 Å². The number of carbonyl (C=O) groups is 2. The Balaban J connectivity index is 1.36. The van der Waals surface area contributed by atoms with Crippen molar-refractivity contribution >= 4 is 27.7 Å². The summed E-state index contributed by atoms with van der Waals surface area (Å²) in [5.74, 6) is -0.754. The molecule has 0 bridgehead atoms. The van der Waals surface area contributed by atoms with Gasteiger partial charge in [0.05, 0.1) is 5.56 Å². The van der Waals surface area contributed by atoms with Gasteiger partial charge >= 0.3 is 5.97 Å². The zero-order chi connectivity index (χ0) is 21.6. The SMILES string of the molecule is O=C(COC(=O)c1ccc(-c2ccccc2)cc1)c1ccc(-c2ccc(Br)cc2)cc1. The second-order valence-corrected chi connectivity index (χ2v) is 7.94. The maximum absolute atomic E-state index is 12.4. The lowest BCUT2D eigenvalue weighted by atomic mass is 10.0. The van der Waals surface area contributed by atoms with Crippen molar-refractivity contribution in [3.05, 3.63) is 119 Å². The van der Waals surface area contributed by atoms with Crippen molar-refractivity contribution in [2.24, 2.45) is 0 Å². The van der Waals surface area contributed by atoms with Crippen LogP contribution in [0.25, 0.3) is 22.3 Å². The number of hydrogen-bond acceptors (Lipinski definition) is 3. The van der Waals surface area contributed by atoms with Crippen molar-refractivity contribution in [1.29, 1.82) is 0 Å². The molecule has 0 radical (unpaired) electrons. The minimum absolute atomic E-state index is 0.239. The first-order valence-corrected chi connectivity index (χ1v) is 10.6. The maximum atomic E-state index is 12.4. The summed E-state index contributed by atoms with van der Waals surface area (Å²) in [6.45, 7) is -0.295. The van der Waals surface area contributed by atoms with Crippen LogP contribution in [0.4, 0.5) is 0 Å². The molecule has 0 atom stereocenters. The first kappa shape index (κ1) is 20.8. The van der Waals surface area contributed by atoms with E-state index >= 15 is 0 Å². The van der Waals surface area contributed by atoms with Crippen LogP contribution in [-0.4, -0.2) is 18.4 Å². The molecule has 0 saturated carbocycles. The van der Waals surface area contributed by atoms with E-state index in [9.17, 15) is 9.59 Å². The average Bonchev–Trinajstić information content (AvgIpc) is 2.83. The van der Waals surface area contributed by atoms with E-state index in [4.69, 9.17) is 4.74 Å². The highest BCUT2D eigenvalue weighted by Gasteiger charge is 2.12. The molecule has 0 fully saturated rings. The minimum atomic E-state index is -0.514. The molecule has 0 amide bonds. The lowest BCUT2D eigenvalue weighted by Gasteiger charge is -2.07. The highest BCUT2D eigenvalue weighted by Crippen LogP contribution is 2.23. The van der Waals surface area contributed by atoms with E-state index in [1.54, 1.807) is 24.3 Å². The summed E-state index contributed by atoms with van der Waals surface area (Å²) in [7, 11) is 0. The quantitative estimate of drug-likeness (QED) is 0.229. The minimum Gasteiger partial charge on any atom is -0.454 e. The number of Topliss-reactive ketones (excluding diaryl/α,β-unsaturated/α-hetero) is 1. The van der Waals surface area contributed by atoms with Crippen LogP contribution in [0.5, 0.6) is 0 Å². The van der Waals surface area contributed by atoms with Crippen molar-refractivity contribution in [2.75, 3.05) is 6.61 Å². The largest absolute Gasteiger partial charge is 0.454 e. The zero-order valence-electron chi connectivity index (χ0n) is 16.6. The van der Waals surface area contributed by atoms with Crippen molar-refractivity contribution in [3.63, 3.8) is 0 Å². The van der Waals surface area contributed by atoms with Gasteiger partial charge in [-0.3, -0.25) is 4.79 Å². The molecule has 0 aromatic heterocycles. The highest BCUT2D eigenvalue weighted by molar-refractivity contribution is 9.10. The molecule has 152 valence electrons. The molecule has 4 rings (SSSR count). The first-order valence-electron chi connectivity index (χ1n) is 9.82. The predicted octanol–water partition coefficient (Wildman–Crippen LogP) is 6.82. The molecule has 0 aliphatic rings. The van der Waals surface area contributed by atoms with E-state index in [0.29, 0.717) is 11.1 Å². The fourth-order valence-electron chi connectivity index (χ4n) is 3.22. The second-order valence-electron chi connectivity index (χ2n) is 7.03. The van der Waals surface area contributed by atoms with Crippen molar-refractivity contribution in [2.45, 2.75) is 0 Å². The number of benzene rings is 4. The van der Waals surface area contributed by atoms with Gasteiger partial charge in [-0.1, -0.05) is 94.8 Å². The predicted molar refractivity (Wildman–Crippen MR) is 126 cm³/mol. The summed E-state index contributed by atoms with van der Waals surface area (Å²) in [6.07, 6.45) is 0. The van der Waals surface area contributed by atoms with Crippen LogP contribution in [0.15, 0.2) is 108 Å². The first-order chi connectivity index (χ1) is 15.1. The molecule has 3 nitrogen and oxygen atoms in total. The van der Waals surface area contributed by atoms with E-state index < -0.39 is 5.97 Å². The molecule has 4 aromatic rings. The summed E-state index contributed by atoms with van der Waals surface area (Å²) in [5, 5.41) is 0. The number of halogens is 1. The fourth-order valence-corrected chi connectivity index (χ4v) is 3.48. The molecule has 0 heterocycles. The third-order valence-corrected chi connectivity index (χ3v) is 5.48. The second kappa shape index (κ2) is 9.54. The molecule has 0 aliphatic carbocycles. The van der Waals surface area contributed by atoms with Gasteiger partial charge in [-0.05, 0) is 46.5 Å². The third kappa shape index (κ3) is 5.16. The van der Waals surface area contributed by atoms with Crippen molar-refractivity contribution < 1.29 is 14.3 Å². The molecular formula is C27H19BrO3. The molecular weight excluding hydrogens is 452 g/mol. The van der Waals surface area contributed by atoms with Gasteiger partial charge in [-0.15, -0.1) is 0 Å². The molecule has 4 aromatic carbocycles. The van der Waals surface area contributed by atoms with Gasteiger partial charge in [0.1, 0.15) is 0 Å². The average molecular weight is 471 g/mol. The highest BCUT2D eigenvalue weighted by atomic mass is 79.9. The lowest BCUT2D eigenvalue weighted by molar-refractivity contribution is 0.0475. The maximum Gasteiger partial charge on any atom is 0.338 e. The Bertz CT molecular complexity index is 1180. The Labute approximate surface area is 189 Å². The van der Waals surface area contributed by atoms with E-state index in [-0.39, 0.29) is 12.4 Å². The molecule has 0 aliphatic heterocycles. The van der Waals surface area contributed by atoms with Gasteiger partial charge in [0.15, 0.2) is 12.4 Å². The normalized spacial score (nSPS) is 10.5. The Morgan fingerprint density at radius 2 is 1.03 bits per heavy atom. The van der Waals surface area contributed by atoms with Crippen molar-refractivity contribution in [1.82, 2.24) is 0 Å². The summed E-state index contributed by atoms with van der Waals surface area (Å²) in [4.78, 5) is 24.7. The Kier molecular flexibility index (Phi) is 6.39. The molecule has 0 unspecified atom stereocenters. The number of rotatable bonds is 6. The van der Waals surface area contributed by atoms with E-state index in [1.807, 2.05) is 78.9 Å². The van der Waals surface area contributed by atoms with Crippen LogP contribution in [0.3, 0.4) is 0 Å². The monoisotopic (exact) mass is 470 g/mol. The Hall–Kier alpha value is -3.50. The third-order valence-electron chi connectivity index (χ3n) is 4.95. The van der Waals surface area contributed by atoms with Gasteiger partial charge in [0.2, 0.25) is 0 Å². The Morgan fingerprint density at radius 3 is 1.58 bits per heavy atom.